The third-order valence-corrected chi connectivity index (χ3v) is 3.87. The van der Waals surface area contributed by atoms with Crippen LogP contribution in [0.15, 0.2) is 0 Å². The molecule has 0 bridgehead atoms. The van der Waals surface area contributed by atoms with Gasteiger partial charge in [0.2, 0.25) is 11.8 Å². The van der Waals surface area contributed by atoms with Crippen LogP contribution in [0.2, 0.25) is 0 Å². The standard InChI is InChI=1S/C13H23N3O2/c1-3-4-9(2)13(18)15-10-5-12(17)16(8-10)11-6-14-7-11/h9-11,14H,3-8H2,1-2H3,(H,15,18). The first-order valence-electron chi connectivity index (χ1n) is 6.92. The molecule has 18 heavy (non-hydrogen) atoms. The summed E-state index contributed by atoms with van der Waals surface area (Å²) in [6, 6.07) is 0.345. The molecule has 0 aromatic heterocycles. The van der Waals surface area contributed by atoms with E-state index in [2.05, 4.69) is 17.6 Å². The molecule has 2 unspecified atom stereocenters. The van der Waals surface area contributed by atoms with Crippen molar-refractivity contribution in [2.75, 3.05) is 19.6 Å². The van der Waals surface area contributed by atoms with Gasteiger partial charge < -0.3 is 15.5 Å². The first-order chi connectivity index (χ1) is 8.61. The largest absolute Gasteiger partial charge is 0.351 e. The summed E-state index contributed by atoms with van der Waals surface area (Å²) in [5.41, 5.74) is 0. The Kier molecular flexibility index (Phi) is 4.22. The van der Waals surface area contributed by atoms with Crippen LogP contribution in [0.5, 0.6) is 0 Å². The molecule has 2 heterocycles. The van der Waals surface area contributed by atoms with Gasteiger partial charge in [0.25, 0.3) is 0 Å². The number of nitrogens with one attached hydrogen (secondary N) is 2. The third kappa shape index (κ3) is 2.83. The van der Waals surface area contributed by atoms with Crippen LogP contribution in [0.4, 0.5) is 0 Å². The van der Waals surface area contributed by atoms with E-state index < -0.39 is 0 Å². The van der Waals surface area contributed by atoms with Crippen molar-refractivity contribution in [3.05, 3.63) is 0 Å². The first-order valence-corrected chi connectivity index (χ1v) is 6.92. The molecule has 2 rings (SSSR count). The molecule has 2 amide bonds. The second-order valence-corrected chi connectivity index (χ2v) is 5.46. The van der Waals surface area contributed by atoms with Gasteiger partial charge in [0.05, 0.1) is 12.1 Å². The maximum Gasteiger partial charge on any atom is 0.225 e. The van der Waals surface area contributed by atoms with E-state index in [0.29, 0.717) is 19.0 Å². The Morgan fingerprint density at radius 1 is 1.56 bits per heavy atom. The zero-order valence-electron chi connectivity index (χ0n) is 11.2. The minimum atomic E-state index is 0.00454. The number of carbonyl (C=O) groups is 2. The molecule has 0 aromatic carbocycles. The fourth-order valence-electron chi connectivity index (χ4n) is 2.58. The number of nitrogens with zero attached hydrogens (tertiary/aromatic N) is 1. The Bertz CT molecular complexity index is 328. The van der Waals surface area contributed by atoms with E-state index in [1.165, 1.54) is 0 Å². The number of likely N-dealkylation sites (tertiary alicyclic amines) is 1. The second kappa shape index (κ2) is 5.69. The zero-order valence-corrected chi connectivity index (χ0v) is 11.2. The van der Waals surface area contributed by atoms with Crippen LogP contribution < -0.4 is 10.6 Å². The topological polar surface area (TPSA) is 61.4 Å². The monoisotopic (exact) mass is 253 g/mol. The van der Waals surface area contributed by atoms with Gasteiger partial charge in [0.1, 0.15) is 0 Å². The highest BCUT2D eigenvalue weighted by atomic mass is 16.2. The smallest absolute Gasteiger partial charge is 0.225 e. The fraction of sp³-hybridized carbons (Fsp3) is 0.846. The highest BCUT2D eigenvalue weighted by Gasteiger charge is 2.37. The molecule has 5 heteroatoms. The van der Waals surface area contributed by atoms with Crippen LogP contribution in [-0.2, 0) is 9.59 Å². The maximum atomic E-state index is 11.9. The Balaban J connectivity index is 1.81. The molecular formula is C13H23N3O2. The van der Waals surface area contributed by atoms with Crippen LogP contribution in [-0.4, -0.2) is 48.4 Å². The van der Waals surface area contributed by atoms with Crippen molar-refractivity contribution in [3.63, 3.8) is 0 Å². The molecular weight excluding hydrogens is 230 g/mol. The van der Waals surface area contributed by atoms with Crippen LogP contribution in [0.25, 0.3) is 0 Å². The van der Waals surface area contributed by atoms with E-state index in [1.54, 1.807) is 0 Å². The minimum Gasteiger partial charge on any atom is -0.351 e. The van der Waals surface area contributed by atoms with Gasteiger partial charge in [-0.1, -0.05) is 20.3 Å². The molecule has 2 aliphatic rings. The summed E-state index contributed by atoms with van der Waals surface area (Å²) in [5, 5.41) is 6.17. The van der Waals surface area contributed by atoms with Gasteiger partial charge in [-0.15, -0.1) is 0 Å². The molecule has 2 atom stereocenters. The quantitative estimate of drug-likeness (QED) is 0.731. The number of carbonyl (C=O) groups excluding carboxylic acids is 2. The van der Waals surface area contributed by atoms with Crippen LogP contribution in [0.3, 0.4) is 0 Å². The van der Waals surface area contributed by atoms with Crippen LogP contribution in [0, 0.1) is 5.92 Å². The predicted octanol–water partition coefficient (Wildman–Crippen LogP) is 0.112. The zero-order chi connectivity index (χ0) is 13.1. The van der Waals surface area contributed by atoms with E-state index >= 15 is 0 Å². The lowest BCUT2D eigenvalue weighted by Gasteiger charge is -2.35. The normalized spacial score (nSPS) is 26.0. The number of hydrogen-bond donors (Lipinski definition) is 2. The van der Waals surface area contributed by atoms with E-state index in [9.17, 15) is 9.59 Å². The van der Waals surface area contributed by atoms with Crippen LogP contribution >= 0.6 is 0 Å². The van der Waals surface area contributed by atoms with E-state index in [-0.39, 0.29) is 23.8 Å². The average Bonchev–Trinajstić information content (AvgIpc) is 2.57. The average molecular weight is 253 g/mol. The van der Waals surface area contributed by atoms with Crippen molar-refractivity contribution < 1.29 is 9.59 Å². The molecule has 0 saturated carbocycles. The summed E-state index contributed by atoms with van der Waals surface area (Å²) < 4.78 is 0. The van der Waals surface area contributed by atoms with Gasteiger partial charge in [-0.2, -0.15) is 0 Å². The van der Waals surface area contributed by atoms with Gasteiger partial charge in [0.15, 0.2) is 0 Å². The third-order valence-electron chi connectivity index (χ3n) is 3.87. The van der Waals surface area contributed by atoms with Gasteiger partial charge in [-0.3, -0.25) is 9.59 Å². The lowest BCUT2D eigenvalue weighted by atomic mass is 10.0. The molecule has 2 fully saturated rings. The molecule has 2 aliphatic heterocycles. The molecule has 2 N–H and O–H groups in total. The summed E-state index contributed by atoms with van der Waals surface area (Å²) in [5.74, 6) is 0.308. The number of rotatable bonds is 5. The van der Waals surface area contributed by atoms with Crippen molar-refractivity contribution >= 4 is 11.8 Å². The Hall–Kier alpha value is -1.10. The highest BCUT2D eigenvalue weighted by Crippen LogP contribution is 2.17. The van der Waals surface area contributed by atoms with Gasteiger partial charge in [-0.05, 0) is 6.42 Å². The Morgan fingerprint density at radius 2 is 2.28 bits per heavy atom. The molecule has 102 valence electrons. The van der Waals surface area contributed by atoms with Crippen LogP contribution in [0.1, 0.15) is 33.1 Å². The highest BCUT2D eigenvalue weighted by molar-refractivity contribution is 5.83. The molecule has 2 saturated heterocycles. The number of amides is 2. The summed E-state index contributed by atoms with van der Waals surface area (Å²) in [6.07, 6.45) is 2.38. The predicted molar refractivity (Wildman–Crippen MR) is 69.0 cm³/mol. The molecule has 0 aliphatic carbocycles. The van der Waals surface area contributed by atoms with Crippen molar-refractivity contribution in [1.82, 2.24) is 15.5 Å². The van der Waals surface area contributed by atoms with E-state index in [1.807, 2.05) is 11.8 Å². The second-order valence-electron chi connectivity index (χ2n) is 5.46. The summed E-state index contributed by atoms with van der Waals surface area (Å²) in [4.78, 5) is 25.7. The molecule has 0 spiro atoms. The molecule has 5 nitrogen and oxygen atoms in total. The van der Waals surface area contributed by atoms with E-state index in [0.717, 1.165) is 25.9 Å². The lowest BCUT2D eigenvalue weighted by molar-refractivity contribution is -0.130. The fourth-order valence-corrected chi connectivity index (χ4v) is 2.58. The summed E-state index contributed by atoms with van der Waals surface area (Å²) >= 11 is 0. The SMILES string of the molecule is CCCC(C)C(=O)NC1CC(=O)N(C2CNC2)C1. The van der Waals surface area contributed by atoms with Gasteiger partial charge >= 0.3 is 0 Å². The summed E-state index contributed by atoms with van der Waals surface area (Å²) in [6.45, 7) is 6.48. The lowest BCUT2D eigenvalue weighted by Crippen LogP contribution is -2.58. The molecule has 0 aromatic rings. The minimum absolute atomic E-state index is 0.00454. The van der Waals surface area contributed by atoms with E-state index in [4.69, 9.17) is 0 Å². The maximum absolute atomic E-state index is 11.9. The first kappa shape index (κ1) is 13.3. The number of hydrogen-bond acceptors (Lipinski definition) is 3. The molecule has 0 radical (unpaired) electrons. The van der Waals surface area contributed by atoms with Gasteiger partial charge in [-0.25, -0.2) is 0 Å². The Morgan fingerprint density at radius 3 is 2.83 bits per heavy atom. The van der Waals surface area contributed by atoms with Gasteiger partial charge in [0, 0.05) is 32.0 Å². The van der Waals surface area contributed by atoms with Crippen molar-refractivity contribution in [3.8, 4) is 0 Å². The summed E-state index contributed by atoms with van der Waals surface area (Å²) in [7, 11) is 0. The van der Waals surface area contributed by atoms with Crippen molar-refractivity contribution in [2.24, 2.45) is 5.92 Å². The Labute approximate surface area is 108 Å². The van der Waals surface area contributed by atoms with Crippen molar-refractivity contribution in [1.29, 1.82) is 0 Å². The van der Waals surface area contributed by atoms with Crippen molar-refractivity contribution in [2.45, 2.75) is 45.2 Å².